The smallest absolute Gasteiger partial charge is 0.131 e. The van der Waals surface area contributed by atoms with Gasteiger partial charge in [0.1, 0.15) is 11.6 Å². The van der Waals surface area contributed by atoms with Crippen molar-refractivity contribution in [3.63, 3.8) is 0 Å². The molecule has 1 aliphatic rings. The molecule has 0 fully saturated rings. The van der Waals surface area contributed by atoms with Crippen LogP contribution in [0.25, 0.3) is 0 Å². The van der Waals surface area contributed by atoms with Crippen LogP contribution in [0.5, 0.6) is 5.75 Å². The number of hydrogen-bond acceptors (Lipinski definition) is 3. The summed E-state index contributed by atoms with van der Waals surface area (Å²) in [6.45, 7) is 4.23. The monoisotopic (exact) mass is 238 g/mol. The van der Waals surface area contributed by atoms with Gasteiger partial charge in [-0.3, -0.25) is 4.90 Å². The molecule has 0 aliphatic carbocycles. The highest BCUT2D eigenvalue weighted by Gasteiger charge is 2.31. The molecule has 1 unspecified atom stereocenters. The van der Waals surface area contributed by atoms with Crippen LogP contribution in [-0.4, -0.2) is 25.1 Å². The first kappa shape index (κ1) is 12.3. The first-order chi connectivity index (χ1) is 8.21. The maximum atomic E-state index is 13.9. The highest BCUT2D eigenvalue weighted by molar-refractivity contribution is 5.41. The van der Waals surface area contributed by atoms with Crippen molar-refractivity contribution < 1.29 is 9.13 Å². The predicted octanol–water partition coefficient (Wildman–Crippen LogP) is 2.06. The Hall–Kier alpha value is -1.13. The van der Waals surface area contributed by atoms with E-state index in [4.69, 9.17) is 10.5 Å². The number of rotatable bonds is 4. The van der Waals surface area contributed by atoms with Crippen LogP contribution in [0.4, 0.5) is 4.39 Å². The van der Waals surface area contributed by atoms with Crippen LogP contribution in [0.15, 0.2) is 12.1 Å². The van der Waals surface area contributed by atoms with Gasteiger partial charge in [-0.15, -0.1) is 0 Å². The van der Waals surface area contributed by atoms with Gasteiger partial charge < -0.3 is 10.5 Å². The zero-order valence-electron chi connectivity index (χ0n) is 10.4. The molecule has 0 saturated heterocycles. The van der Waals surface area contributed by atoms with Crippen molar-refractivity contribution in [1.29, 1.82) is 0 Å². The maximum Gasteiger partial charge on any atom is 0.131 e. The summed E-state index contributed by atoms with van der Waals surface area (Å²) in [7, 11) is 1.55. The summed E-state index contributed by atoms with van der Waals surface area (Å²) in [4.78, 5) is 2.23. The summed E-state index contributed by atoms with van der Waals surface area (Å²) in [6.07, 6.45) is 1.04. The Morgan fingerprint density at radius 3 is 2.88 bits per heavy atom. The quantitative estimate of drug-likeness (QED) is 0.872. The Morgan fingerprint density at radius 1 is 1.53 bits per heavy atom. The lowest BCUT2D eigenvalue weighted by atomic mass is 10.0. The molecule has 4 heteroatoms. The van der Waals surface area contributed by atoms with E-state index in [9.17, 15) is 4.39 Å². The third kappa shape index (κ3) is 2.15. The Kier molecular flexibility index (Phi) is 3.64. The van der Waals surface area contributed by atoms with Crippen LogP contribution in [0.3, 0.4) is 0 Å². The standard InChI is InChI=1S/C13H19FN2O/c1-3-4-16-8-11-10(13(16)7-15)5-9(17-2)6-12(11)14/h5-6,13H,3-4,7-8,15H2,1-2H3. The molecule has 1 aliphatic heterocycles. The molecule has 0 aromatic heterocycles. The molecule has 0 radical (unpaired) electrons. The highest BCUT2D eigenvalue weighted by Crippen LogP contribution is 2.37. The van der Waals surface area contributed by atoms with Crippen LogP contribution in [-0.2, 0) is 6.54 Å². The average Bonchev–Trinajstić information content (AvgIpc) is 2.67. The second-order valence-corrected chi connectivity index (χ2v) is 4.40. The van der Waals surface area contributed by atoms with Gasteiger partial charge >= 0.3 is 0 Å². The van der Waals surface area contributed by atoms with Gasteiger partial charge in [0, 0.05) is 30.8 Å². The van der Waals surface area contributed by atoms with Gasteiger partial charge in [-0.2, -0.15) is 0 Å². The van der Waals surface area contributed by atoms with Crippen molar-refractivity contribution in [3.05, 3.63) is 29.1 Å². The van der Waals surface area contributed by atoms with E-state index in [1.54, 1.807) is 7.11 Å². The SMILES string of the molecule is CCCN1Cc2c(F)cc(OC)cc2C1CN. The van der Waals surface area contributed by atoms with Crippen molar-refractivity contribution in [1.82, 2.24) is 4.90 Å². The number of nitrogens with zero attached hydrogens (tertiary/aromatic N) is 1. The fraction of sp³-hybridized carbons (Fsp3) is 0.538. The minimum atomic E-state index is -0.184. The molecule has 2 rings (SSSR count). The normalized spacial score (nSPS) is 19.4. The molecule has 3 nitrogen and oxygen atoms in total. The van der Waals surface area contributed by atoms with Crippen molar-refractivity contribution >= 4 is 0 Å². The summed E-state index contributed by atoms with van der Waals surface area (Å²) >= 11 is 0. The number of methoxy groups -OCH3 is 1. The van der Waals surface area contributed by atoms with E-state index in [0.717, 1.165) is 24.1 Å². The third-order valence-electron chi connectivity index (χ3n) is 3.33. The molecule has 0 spiro atoms. The average molecular weight is 238 g/mol. The van der Waals surface area contributed by atoms with Crippen LogP contribution in [0, 0.1) is 5.82 Å². The Balaban J connectivity index is 2.38. The van der Waals surface area contributed by atoms with Gasteiger partial charge in [-0.05, 0) is 24.6 Å². The van der Waals surface area contributed by atoms with E-state index < -0.39 is 0 Å². The zero-order chi connectivity index (χ0) is 12.4. The number of ether oxygens (including phenoxy) is 1. The molecular formula is C13H19FN2O. The Labute approximate surface area is 101 Å². The summed E-state index contributed by atoms with van der Waals surface area (Å²) < 4.78 is 19.0. The lowest BCUT2D eigenvalue weighted by Crippen LogP contribution is -2.28. The fourth-order valence-electron chi connectivity index (χ4n) is 2.52. The first-order valence-corrected chi connectivity index (χ1v) is 6.01. The van der Waals surface area contributed by atoms with E-state index in [2.05, 4.69) is 11.8 Å². The van der Waals surface area contributed by atoms with Gasteiger partial charge in [0.05, 0.1) is 7.11 Å². The van der Waals surface area contributed by atoms with Gasteiger partial charge in [0.15, 0.2) is 0 Å². The molecular weight excluding hydrogens is 219 g/mol. The second-order valence-electron chi connectivity index (χ2n) is 4.40. The first-order valence-electron chi connectivity index (χ1n) is 6.01. The topological polar surface area (TPSA) is 38.5 Å². The summed E-state index contributed by atoms with van der Waals surface area (Å²) in [5, 5.41) is 0. The van der Waals surface area contributed by atoms with E-state index in [1.807, 2.05) is 6.07 Å². The number of benzene rings is 1. The summed E-state index contributed by atoms with van der Waals surface area (Å²) in [6, 6.07) is 3.47. The molecule has 0 saturated carbocycles. The van der Waals surface area contributed by atoms with E-state index in [0.29, 0.717) is 18.8 Å². The molecule has 0 amide bonds. The molecule has 1 aromatic carbocycles. The molecule has 1 atom stereocenters. The van der Waals surface area contributed by atoms with Crippen molar-refractivity contribution in [3.8, 4) is 5.75 Å². The zero-order valence-corrected chi connectivity index (χ0v) is 10.4. The number of nitrogens with two attached hydrogens (primary N) is 1. The number of fused-ring (bicyclic) bond motifs is 1. The number of halogens is 1. The molecule has 2 N–H and O–H groups in total. The lowest BCUT2D eigenvalue weighted by molar-refractivity contribution is 0.219. The lowest BCUT2D eigenvalue weighted by Gasteiger charge is -2.22. The van der Waals surface area contributed by atoms with Crippen LogP contribution < -0.4 is 10.5 Å². The minimum absolute atomic E-state index is 0.120. The van der Waals surface area contributed by atoms with E-state index >= 15 is 0 Å². The minimum Gasteiger partial charge on any atom is -0.497 e. The van der Waals surface area contributed by atoms with Gasteiger partial charge in [-0.25, -0.2) is 4.39 Å². The largest absolute Gasteiger partial charge is 0.497 e. The fourth-order valence-corrected chi connectivity index (χ4v) is 2.52. The van der Waals surface area contributed by atoms with Gasteiger partial charge in [0.2, 0.25) is 0 Å². The van der Waals surface area contributed by atoms with Crippen LogP contribution >= 0.6 is 0 Å². The Morgan fingerprint density at radius 2 is 2.29 bits per heavy atom. The highest BCUT2D eigenvalue weighted by atomic mass is 19.1. The second kappa shape index (κ2) is 5.02. The Bertz CT molecular complexity index is 409. The number of hydrogen-bond donors (Lipinski definition) is 1. The van der Waals surface area contributed by atoms with Crippen molar-refractivity contribution in [2.24, 2.45) is 5.73 Å². The maximum absolute atomic E-state index is 13.9. The molecule has 1 aromatic rings. The van der Waals surface area contributed by atoms with Crippen LogP contribution in [0.2, 0.25) is 0 Å². The summed E-state index contributed by atoms with van der Waals surface area (Å²) in [5.74, 6) is 0.384. The van der Waals surface area contributed by atoms with E-state index in [1.165, 1.54) is 6.07 Å². The third-order valence-corrected chi connectivity index (χ3v) is 3.33. The predicted molar refractivity (Wildman–Crippen MR) is 65.4 cm³/mol. The molecule has 1 heterocycles. The van der Waals surface area contributed by atoms with Crippen LogP contribution in [0.1, 0.15) is 30.5 Å². The van der Waals surface area contributed by atoms with Crippen molar-refractivity contribution in [2.45, 2.75) is 25.9 Å². The van der Waals surface area contributed by atoms with E-state index in [-0.39, 0.29) is 11.9 Å². The molecule has 17 heavy (non-hydrogen) atoms. The van der Waals surface area contributed by atoms with Crippen molar-refractivity contribution in [2.75, 3.05) is 20.2 Å². The molecule has 0 bridgehead atoms. The van der Waals surface area contributed by atoms with Gasteiger partial charge in [0.25, 0.3) is 0 Å². The molecule has 94 valence electrons. The van der Waals surface area contributed by atoms with Gasteiger partial charge in [-0.1, -0.05) is 6.92 Å². The summed E-state index contributed by atoms with van der Waals surface area (Å²) in [5.41, 5.74) is 7.56.